The maximum atomic E-state index is 5.83. The lowest BCUT2D eigenvalue weighted by Gasteiger charge is -2.07. The zero-order valence-electron chi connectivity index (χ0n) is 11.1. The Hall–Kier alpha value is -1.90. The van der Waals surface area contributed by atoms with Crippen LogP contribution >= 0.6 is 0 Å². The fourth-order valence-electron chi connectivity index (χ4n) is 1.95. The number of fused-ring (bicyclic) bond motifs is 2. The summed E-state index contributed by atoms with van der Waals surface area (Å²) in [5.41, 5.74) is 2.24. The van der Waals surface area contributed by atoms with Gasteiger partial charge in [-0.3, -0.25) is 0 Å². The van der Waals surface area contributed by atoms with Crippen molar-refractivity contribution in [3.05, 3.63) is 47.5 Å². The molecule has 0 radical (unpaired) electrons. The van der Waals surface area contributed by atoms with E-state index in [0.717, 1.165) is 35.9 Å². The number of hydrogen-bond acceptors (Lipinski definition) is 3. The largest absolute Gasteiger partial charge is 0.454 e. The second-order valence-electron chi connectivity index (χ2n) is 3.94. The molecule has 0 unspecified atom stereocenters. The van der Waals surface area contributed by atoms with Crippen molar-refractivity contribution in [3.63, 3.8) is 0 Å². The molecule has 0 spiro atoms. The van der Waals surface area contributed by atoms with Crippen LogP contribution in [-0.2, 0) is 12.8 Å². The Kier molecular flexibility index (Phi) is 3.92. The van der Waals surface area contributed by atoms with E-state index in [0.29, 0.717) is 0 Å². The van der Waals surface area contributed by atoms with Gasteiger partial charge < -0.3 is 4.74 Å². The minimum Gasteiger partial charge on any atom is -0.454 e. The van der Waals surface area contributed by atoms with Gasteiger partial charge in [-0.2, -0.15) is 0 Å². The molecule has 0 saturated carbocycles. The van der Waals surface area contributed by atoms with Gasteiger partial charge in [0.1, 0.15) is 11.6 Å². The maximum absolute atomic E-state index is 5.83. The van der Waals surface area contributed by atoms with Crippen molar-refractivity contribution in [3.8, 4) is 11.5 Å². The third kappa shape index (κ3) is 2.50. The molecular formula is C15H18N2O. The topological polar surface area (TPSA) is 35.0 Å². The fraction of sp³-hybridized carbons (Fsp3) is 0.333. The monoisotopic (exact) mass is 242 g/mol. The molecule has 94 valence electrons. The lowest BCUT2D eigenvalue weighted by atomic mass is 10.1. The number of benzene rings is 1. The summed E-state index contributed by atoms with van der Waals surface area (Å²) in [6.45, 7) is 5.90. The molecule has 0 N–H and O–H groups in total. The first-order valence-corrected chi connectivity index (χ1v) is 6.41. The first-order valence-electron chi connectivity index (χ1n) is 6.41. The van der Waals surface area contributed by atoms with Crippen molar-refractivity contribution < 1.29 is 4.74 Å². The molecule has 0 amide bonds. The summed E-state index contributed by atoms with van der Waals surface area (Å²) < 4.78 is 5.83. The zero-order chi connectivity index (χ0) is 13.0. The summed E-state index contributed by atoms with van der Waals surface area (Å²) >= 11 is 0. The van der Waals surface area contributed by atoms with Crippen molar-refractivity contribution >= 4 is 0 Å². The second kappa shape index (κ2) is 5.63. The van der Waals surface area contributed by atoms with Crippen molar-refractivity contribution in [2.24, 2.45) is 0 Å². The quantitative estimate of drug-likeness (QED) is 0.706. The van der Waals surface area contributed by atoms with Crippen LogP contribution in [0.15, 0.2) is 30.5 Å². The lowest BCUT2D eigenvalue weighted by molar-refractivity contribution is 0.472. The minimum atomic E-state index is 0.788. The zero-order valence-corrected chi connectivity index (χ0v) is 11.1. The molecule has 2 aromatic rings. The van der Waals surface area contributed by atoms with Crippen LogP contribution < -0.4 is 4.74 Å². The van der Waals surface area contributed by atoms with Crippen molar-refractivity contribution in [1.29, 1.82) is 0 Å². The van der Waals surface area contributed by atoms with Gasteiger partial charge in [0.2, 0.25) is 0 Å². The van der Waals surface area contributed by atoms with E-state index in [9.17, 15) is 0 Å². The molecule has 0 atom stereocenters. The van der Waals surface area contributed by atoms with Crippen molar-refractivity contribution in [1.82, 2.24) is 9.97 Å². The summed E-state index contributed by atoms with van der Waals surface area (Å²) in [5.74, 6) is 2.51. The number of rotatable bonds is 0. The van der Waals surface area contributed by atoms with Crippen LogP contribution in [0.1, 0.15) is 30.9 Å². The standard InChI is InChI=1S/C13H12N2O.C2H6/c1-9-14-8-13-11(15-9)7-6-10-4-2-3-5-12(10)16-13;1-2/h2-5,8H,6-7H2,1H3;1-2H3. The molecule has 0 bridgehead atoms. The normalized spacial score (nSPS) is 12.2. The Morgan fingerprint density at radius 1 is 1.06 bits per heavy atom. The highest BCUT2D eigenvalue weighted by molar-refractivity contribution is 5.41. The molecule has 18 heavy (non-hydrogen) atoms. The highest BCUT2D eigenvalue weighted by Gasteiger charge is 2.15. The third-order valence-corrected chi connectivity index (χ3v) is 2.77. The SMILES string of the molecule is CC.Cc1ncc2c(n1)CCc1ccccc1O2. The molecule has 0 aliphatic carbocycles. The molecule has 0 saturated heterocycles. The average molecular weight is 242 g/mol. The number of hydrogen-bond donors (Lipinski definition) is 0. The van der Waals surface area contributed by atoms with Crippen molar-refractivity contribution in [2.45, 2.75) is 33.6 Å². The predicted molar refractivity (Wildman–Crippen MR) is 72.0 cm³/mol. The summed E-state index contributed by atoms with van der Waals surface area (Å²) in [6.07, 6.45) is 3.65. The minimum absolute atomic E-state index is 0.788. The number of ether oxygens (including phenoxy) is 1. The molecule has 2 heterocycles. The maximum Gasteiger partial charge on any atom is 0.167 e. The molecule has 1 aromatic carbocycles. The van der Waals surface area contributed by atoms with Crippen LogP contribution in [0, 0.1) is 6.92 Å². The highest BCUT2D eigenvalue weighted by Crippen LogP contribution is 2.31. The second-order valence-corrected chi connectivity index (χ2v) is 3.94. The first kappa shape index (κ1) is 12.6. The molecule has 1 aromatic heterocycles. The number of aromatic nitrogens is 2. The lowest BCUT2D eigenvalue weighted by Crippen LogP contribution is -1.97. The average Bonchev–Trinajstić information content (AvgIpc) is 2.60. The van der Waals surface area contributed by atoms with Gasteiger partial charge in [-0.15, -0.1) is 0 Å². The van der Waals surface area contributed by atoms with Gasteiger partial charge in [0.05, 0.1) is 11.9 Å². The van der Waals surface area contributed by atoms with Crippen LogP contribution in [0.25, 0.3) is 0 Å². The number of nitrogens with zero attached hydrogens (tertiary/aromatic N) is 2. The number of para-hydroxylation sites is 1. The van der Waals surface area contributed by atoms with Crippen LogP contribution in [0.4, 0.5) is 0 Å². The van der Waals surface area contributed by atoms with E-state index in [1.54, 1.807) is 6.20 Å². The van der Waals surface area contributed by atoms with Gasteiger partial charge in [-0.25, -0.2) is 9.97 Å². The van der Waals surface area contributed by atoms with Gasteiger partial charge >= 0.3 is 0 Å². The fourth-order valence-corrected chi connectivity index (χ4v) is 1.95. The Balaban J connectivity index is 0.000000574. The van der Waals surface area contributed by atoms with Crippen LogP contribution in [0.2, 0.25) is 0 Å². The van der Waals surface area contributed by atoms with Crippen molar-refractivity contribution in [2.75, 3.05) is 0 Å². The molecule has 0 fully saturated rings. The van der Waals surface area contributed by atoms with E-state index in [-0.39, 0.29) is 0 Å². The molecule has 3 heteroatoms. The van der Waals surface area contributed by atoms with Crippen LogP contribution in [0.3, 0.4) is 0 Å². The summed E-state index contributed by atoms with van der Waals surface area (Å²) in [7, 11) is 0. The van der Waals surface area contributed by atoms with E-state index in [4.69, 9.17) is 4.74 Å². The van der Waals surface area contributed by atoms with Crippen LogP contribution in [-0.4, -0.2) is 9.97 Å². The Morgan fingerprint density at radius 3 is 2.67 bits per heavy atom. The molecule has 3 nitrogen and oxygen atoms in total. The molecular weight excluding hydrogens is 224 g/mol. The predicted octanol–water partition coefficient (Wildman–Crippen LogP) is 3.70. The van der Waals surface area contributed by atoms with Gasteiger partial charge in [0.15, 0.2) is 5.75 Å². The molecule has 3 rings (SSSR count). The Bertz CT molecular complexity index is 538. The third-order valence-electron chi connectivity index (χ3n) is 2.77. The Labute approximate surface area is 108 Å². The van der Waals surface area contributed by atoms with E-state index in [1.165, 1.54) is 5.56 Å². The van der Waals surface area contributed by atoms with Gasteiger partial charge in [0.25, 0.3) is 0 Å². The van der Waals surface area contributed by atoms with Gasteiger partial charge in [-0.05, 0) is 31.4 Å². The summed E-state index contributed by atoms with van der Waals surface area (Å²) in [4.78, 5) is 8.59. The van der Waals surface area contributed by atoms with E-state index in [2.05, 4.69) is 16.0 Å². The molecule has 1 aliphatic rings. The van der Waals surface area contributed by atoms with Gasteiger partial charge in [0, 0.05) is 0 Å². The number of aryl methyl sites for hydroxylation is 3. The highest BCUT2D eigenvalue weighted by atomic mass is 16.5. The van der Waals surface area contributed by atoms with Gasteiger partial charge in [-0.1, -0.05) is 32.0 Å². The first-order chi connectivity index (χ1) is 8.83. The Morgan fingerprint density at radius 2 is 1.83 bits per heavy atom. The summed E-state index contributed by atoms with van der Waals surface area (Å²) in [6, 6.07) is 8.11. The smallest absolute Gasteiger partial charge is 0.167 e. The van der Waals surface area contributed by atoms with E-state index < -0.39 is 0 Å². The molecule has 1 aliphatic heterocycles. The van der Waals surface area contributed by atoms with E-state index in [1.807, 2.05) is 39.0 Å². The van der Waals surface area contributed by atoms with Crippen LogP contribution in [0.5, 0.6) is 11.5 Å². The summed E-state index contributed by atoms with van der Waals surface area (Å²) in [5, 5.41) is 0. The van der Waals surface area contributed by atoms with E-state index >= 15 is 0 Å².